The van der Waals surface area contributed by atoms with E-state index in [0.717, 1.165) is 17.0 Å². The maximum atomic E-state index is 8.93. The minimum atomic E-state index is 0.0281. The summed E-state index contributed by atoms with van der Waals surface area (Å²) in [6, 6.07) is 9.41. The van der Waals surface area contributed by atoms with E-state index in [0.29, 0.717) is 11.8 Å². The van der Waals surface area contributed by atoms with Crippen LogP contribution in [0.2, 0.25) is 0 Å². The molecule has 1 N–H and O–H groups in total. The van der Waals surface area contributed by atoms with E-state index in [-0.39, 0.29) is 6.61 Å². The minimum Gasteiger partial charge on any atom is -0.424 e. The van der Waals surface area contributed by atoms with Crippen LogP contribution in [0.15, 0.2) is 30.3 Å². The van der Waals surface area contributed by atoms with Gasteiger partial charge in [0.15, 0.2) is 0 Å². The molecule has 0 amide bonds. The molecule has 0 aliphatic rings. The van der Waals surface area contributed by atoms with Crippen LogP contribution in [0.1, 0.15) is 17.0 Å². The molecule has 1 heterocycles. The molecular formula is C13H14N2O2. The van der Waals surface area contributed by atoms with Gasteiger partial charge in [-0.3, -0.25) is 0 Å². The summed E-state index contributed by atoms with van der Waals surface area (Å²) >= 11 is 0. The highest BCUT2D eigenvalue weighted by molar-refractivity contribution is 5.29. The van der Waals surface area contributed by atoms with Crippen LogP contribution >= 0.6 is 0 Å². The molecule has 0 aliphatic carbocycles. The Morgan fingerprint density at radius 2 is 1.65 bits per heavy atom. The number of nitrogens with zero attached hydrogens (tertiary/aromatic N) is 2. The minimum absolute atomic E-state index is 0.0281. The normalized spacial score (nSPS) is 10.3. The Balaban J connectivity index is 2.19. The lowest BCUT2D eigenvalue weighted by molar-refractivity contribution is 0.281. The van der Waals surface area contributed by atoms with Crippen molar-refractivity contribution in [2.24, 2.45) is 0 Å². The molecule has 0 aliphatic heterocycles. The van der Waals surface area contributed by atoms with Gasteiger partial charge in [-0.1, -0.05) is 12.1 Å². The van der Waals surface area contributed by atoms with Gasteiger partial charge in [-0.2, -0.15) is 0 Å². The zero-order valence-corrected chi connectivity index (χ0v) is 9.84. The average Bonchev–Trinajstić information content (AvgIpc) is 2.28. The Morgan fingerprint density at radius 1 is 1.06 bits per heavy atom. The third kappa shape index (κ3) is 3.01. The first kappa shape index (κ1) is 11.5. The third-order valence-electron chi connectivity index (χ3n) is 2.28. The fraction of sp³-hybridized carbons (Fsp3) is 0.231. The predicted octanol–water partition coefficient (Wildman–Crippen LogP) is 2.38. The van der Waals surface area contributed by atoms with E-state index in [1.54, 1.807) is 24.3 Å². The number of benzene rings is 1. The largest absolute Gasteiger partial charge is 0.424 e. The van der Waals surface area contributed by atoms with E-state index < -0.39 is 0 Å². The number of aliphatic hydroxyl groups excluding tert-OH is 1. The van der Waals surface area contributed by atoms with Crippen LogP contribution in [0, 0.1) is 13.8 Å². The summed E-state index contributed by atoms with van der Waals surface area (Å²) in [5.41, 5.74) is 2.60. The van der Waals surface area contributed by atoms with Gasteiger partial charge in [-0.05, 0) is 37.6 Å². The van der Waals surface area contributed by atoms with Gasteiger partial charge in [-0.15, -0.1) is 0 Å². The Kier molecular flexibility index (Phi) is 3.35. The van der Waals surface area contributed by atoms with Crippen molar-refractivity contribution in [3.8, 4) is 11.8 Å². The fourth-order valence-electron chi connectivity index (χ4n) is 1.51. The number of aryl methyl sites for hydroxylation is 2. The molecule has 0 radical (unpaired) electrons. The second kappa shape index (κ2) is 4.93. The SMILES string of the molecule is Cc1cc(C)nc(Oc2ccc(CO)cc2)n1. The van der Waals surface area contributed by atoms with Gasteiger partial charge in [-0.25, -0.2) is 9.97 Å². The van der Waals surface area contributed by atoms with Gasteiger partial charge >= 0.3 is 6.01 Å². The topological polar surface area (TPSA) is 55.2 Å². The molecule has 0 spiro atoms. The zero-order chi connectivity index (χ0) is 12.3. The highest BCUT2D eigenvalue weighted by Crippen LogP contribution is 2.18. The van der Waals surface area contributed by atoms with Crippen molar-refractivity contribution in [2.45, 2.75) is 20.5 Å². The number of hydrogen-bond acceptors (Lipinski definition) is 4. The van der Waals surface area contributed by atoms with Crippen molar-refractivity contribution >= 4 is 0 Å². The van der Waals surface area contributed by atoms with Crippen LogP contribution in [0.5, 0.6) is 11.8 Å². The monoisotopic (exact) mass is 230 g/mol. The van der Waals surface area contributed by atoms with Gasteiger partial charge in [0.05, 0.1) is 6.61 Å². The van der Waals surface area contributed by atoms with E-state index in [4.69, 9.17) is 9.84 Å². The summed E-state index contributed by atoms with van der Waals surface area (Å²) in [5.74, 6) is 0.659. The number of aromatic nitrogens is 2. The van der Waals surface area contributed by atoms with Crippen molar-refractivity contribution in [3.05, 3.63) is 47.3 Å². The first-order valence-electron chi connectivity index (χ1n) is 5.37. The summed E-state index contributed by atoms with van der Waals surface area (Å²) in [5, 5.41) is 8.93. The van der Waals surface area contributed by atoms with Gasteiger partial charge in [0, 0.05) is 11.4 Å². The van der Waals surface area contributed by atoms with Gasteiger partial charge in [0.2, 0.25) is 0 Å². The predicted molar refractivity (Wildman–Crippen MR) is 63.9 cm³/mol. The average molecular weight is 230 g/mol. The van der Waals surface area contributed by atoms with Crippen molar-refractivity contribution < 1.29 is 9.84 Å². The molecule has 4 heteroatoms. The van der Waals surface area contributed by atoms with Crippen molar-refractivity contribution in [2.75, 3.05) is 0 Å². The van der Waals surface area contributed by atoms with Crippen molar-refractivity contribution in [1.82, 2.24) is 9.97 Å². The lowest BCUT2D eigenvalue weighted by Gasteiger charge is -2.05. The Bertz CT molecular complexity index is 489. The molecule has 17 heavy (non-hydrogen) atoms. The summed E-state index contributed by atoms with van der Waals surface area (Å²) < 4.78 is 5.54. The smallest absolute Gasteiger partial charge is 0.322 e. The van der Waals surface area contributed by atoms with E-state index in [2.05, 4.69) is 9.97 Å². The molecule has 2 rings (SSSR count). The fourth-order valence-corrected chi connectivity index (χ4v) is 1.51. The lowest BCUT2D eigenvalue weighted by Crippen LogP contribution is -1.95. The molecule has 88 valence electrons. The molecule has 1 aromatic heterocycles. The molecule has 0 unspecified atom stereocenters. The van der Waals surface area contributed by atoms with Gasteiger partial charge < -0.3 is 9.84 Å². The quantitative estimate of drug-likeness (QED) is 0.879. The highest BCUT2D eigenvalue weighted by atomic mass is 16.5. The lowest BCUT2D eigenvalue weighted by atomic mass is 10.2. The van der Waals surface area contributed by atoms with Crippen LogP contribution < -0.4 is 4.74 Å². The summed E-state index contributed by atoms with van der Waals surface area (Å²) in [7, 11) is 0. The Labute approximate surface area is 99.9 Å². The molecule has 4 nitrogen and oxygen atoms in total. The Hall–Kier alpha value is -1.94. The second-order valence-electron chi connectivity index (χ2n) is 3.84. The van der Waals surface area contributed by atoms with Crippen LogP contribution in [0.3, 0.4) is 0 Å². The highest BCUT2D eigenvalue weighted by Gasteiger charge is 2.02. The summed E-state index contributed by atoms with van der Waals surface area (Å²) in [6.45, 7) is 3.83. The first-order chi connectivity index (χ1) is 8.17. The van der Waals surface area contributed by atoms with Crippen LogP contribution in [0.4, 0.5) is 0 Å². The van der Waals surface area contributed by atoms with E-state index >= 15 is 0 Å². The van der Waals surface area contributed by atoms with Gasteiger partial charge in [0.1, 0.15) is 5.75 Å². The van der Waals surface area contributed by atoms with Crippen molar-refractivity contribution in [1.29, 1.82) is 0 Å². The second-order valence-corrected chi connectivity index (χ2v) is 3.84. The first-order valence-corrected chi connectivity index (χ1v) is 5.37. The number of hydrogen-bond donors (Lipinski definition) is 1. The Morgan fingerprint density at radius 3 is 2.18 bits per heavy atom. The molecule has 0 fully saturated rings. The molecular weight excluding hydrogens is 216 g/mol. The van der Waals surface area contributed by atoms with E-state index in [1.807, 2.05) is 19.9 Å². The maximum Gasteiger partial charge on any atom is 0.322 e. The number of ether oxygens (including phenoxy) is 1. The van der Waals surface area contributed by atoms with Gasteiger partial charge in [0.25, 0.3) is 0 Å². The molecule has 0 saturated carbocycles. The zero-order valence-electron chi connectivity index (χ0n) is 9.84. The summed E-state index contributed by atoms with van der Waals surface area (Å²) in [4.78, 5) is 8.38. The number of rotatable bonds is 3. The standard InChI is InChI=1S/C13H14N2O2/c1-9-7-10(2)15-13(14-9)17-12-5-3-11(8-16)4-6-12/h3-7,16H,8H2,1-2H3. The molecule has 2 aromatic rings. The maximum absolute atomic E-state index is 8.93. The van der Waals surface area contributed by atoms with E-state index in [9.17, 15) is 0 Å². The third-order valence-corrected chi connectivity index (χ3v) is 2.28. The molecule has 0 atom stereocenters. The number of aliphatic hydroxyl groups is 1. The van der Waals surface area contributed by atoms with Crippen LogP contribution in [-0.4, -0.2) is 15.1 Å². The molecule has 1 aromatic carbocycles. The van der Waals surface area contributed by atoms with Crippen LogP contribution in [-0.2, 0) is 6.61 Å². The van der Waals surface area contributed by atoms with E-state index in [1.165, 1.54) is 0 Å². The van der Waals surface area contributed by atoms with Crippen molar-refractivity contribution in [3.63, 3.8) is 0 Å². The summed E-state index contributed by atoms with van der Waals surface area (Å²) in [6.07, 6.45) is 0. The molecule has 0 saturated heterocycles. The van der Waals surface area contributed by atoms with Crippen LogP contribution in [0.25, 0.3) is 0 Å². The molecule has 0 bridgehead atoms.